The van der Waals surface area contributed by atoms with Gasteiger partial charge in [-0.25, -0.2) is 4.79 Å². The Morgan fingerprint density at radius 1 is 1.33 bits per heavy atom. The van der Waals surface area contributed by atoms with Gasteiger partial charge < -0.3 is 5.32 Å². The van der Waals surface area contributed by atoms with Crippen LogP contribution in [0.3, 0.4) is 0 Å². The summed E-state index contributed by atoms with van der Waals surface area (Å²) in [5, 5.41) is 3.56. The van der Waals surface area contributed by atoms with Crippen molar-refractivity contribution in [1.82, 2.24) is 15.8 Å². The number of imide groups is 1. The first-order valence-corrected chi connectivity index (χ1v) is 8.25. The van der Waals surface area contributed by atoms with Crippen LogP contribution in [0, 0.1) is 5.92 Å². The summed E-state index contributed by atoms with van der Waals surface area (Å²) in [6, 6.07) is 8.50. The standard InChI is InChI=1S/C18H21N3O3/c1-2-18(14-10-4-3-5-11-14)16(23)21(17(24)19-18)20-15(22)12-13-8-6-7-9-13/h3-6,8,10-11,13H,2,7,9,12H2,1H3,(H,19,24)(H,20,22)/t13-,18-/m1/s1. The molecule has 0 aromatic heterocycles. The molecule has 0 unspecified atom stereocenters. The molecule has 0 radical (unpaired) electrons. The van der Waals surface area contributed by atoms with Crippen molar-refractivity contribution in [1.29, 1.82) is 0 Å². The fourth-order valence-corrected chi connectivity index (χ4v) is 3.31. The summed E-state index contributed by atoms with van der Waals surface area (Å²) in [5.41, 5.74) is 2.05. The quantitative estimate of drug-likeness (QED) is 0.643. The van der Waals surface area contributed by atoms with Crippen molar-refractivity contribution in [2.24, 2.45) is 5.92 Å². The minimum absolute atomic E-state index is 0.177. The average Bonchev–Trinajstić information content (AvgIpc) is 3.18. The molecule has 1 aromatic rings. The van der Waals surface area contributed by atoms with Crippen LogP contribution in [-0.2, 0) is 15.1 Å². The molecule has 1 fully saturated rings. The average molecular weight is 327 g/mol. The summed E-state index contributed by atoms with van der Waals surface area (Å²) < 4.78 is 0. The fraction of sp³-hybridized carbons (Fsp3) is 0.389. The normalized spacial score (nSPS) is 25.9. The van der Waals surface area contributed by atoms with E-state index in [0.717, 1.165) is 17.9 Å². The number of allylic oxidation sites excluding steroid dienone is 2. The first-order valence-electron chi connectivity index (χ1n) is 8.25. The molecule has 1 aliphatic carbocycles. The Bertz CT molecular complexity index is 686. The van der Waals surface area contributed by atoms with E-state index in [4.69, 9.17) is 0 Å². The van der Waals surface area contributed by atoms with Crippen LogP contribution in [0.1, 0.15) is 38.2 Å². The van der Waals surface area contributed by atoms with Crippen LogP contribution in [0.5, 0.6) is 0 Å². The van der Waals surface area contributed by atoms with Crippen LogP contribution in [0.4, 0.5) is 4.79 Å². The van der Waals surface area contributed by atoms with Crippen molar-refractivity contribution < 1.29 is 14.4 Å². The number of nitrogens with zero attached hydrogens (tertiary/aromatic N) is 1. The number of nitrogens with one attached hydrogen (secondary N) is 2. The van der Waals surface area contributed by atoms with Crippen LogP contribution in [0.15, 0.2) is 42.5 Å². The Kier molecular flexibility index (Phi) is 4.38. The number of hydrogen-bond acceptors (Lipinski definition) is 3. The molecule has 126 valence electrons. The van der Waals surface area contributed by atoms with E-state index in [1.54, 1.807) is 12.1 Å². The lowest BCUT2D eigenvalue weighted by Crippen LogP contribution is -2.48. The van der Waals surface area contributed by atoms with Crippen LogP contribution < -0.4 is 10.7 Å². The number of hydrazine groups is 1. The van der Waals surface area contributed by atoms with E-state index in [-0.39, 0.29) is 18.2 Å². The zero-order valence-electron chi connectivity index (χ0n) is 13.6. The predicted octanol–water partition coefficient (Wildman–Crippen LogP) is 2.23. The van der Waals surface area contributed by atoms with Crippen LogP contribution >= 0.6 is 0 Å². The number of carbonyl (C=O) groups is 3. The van der Waals surface area contributed by atoms with E-state index in [9.17, 15) is 14.4 Å². The Morgan fingerprint density at radius 3 is 2.71 bits per heavy atom. The predicted molar refractivity (Wildman–Crippen MR) is 88.4 cm³/mol. The van der Waals surface area contributed by atoms with Crippen molar-refractivity contribution >= 4 is 17.8 Å². The van der Waals surface area contributed by atoms with Gasteiger partial charge >= 0.3 is 6.03 Å². The molecule has 24 heavy (non-hydrogen) atoms. The third-order valence-electron chi connectivity index (χ3n) is 4.68. The van der Waals surface area contributed by atoms with E-state index in [0.29, 0.717) is 12.0 Å². The lowest BCUT2D eigenvalue weighted by Gasteiger charge is -2.25. The van der Waals surface area contributed by atoms with Crippen LogP contribution in [0.2, 0.25) is 0 Å². The van der Waals surface area contributed by atoms with E-state index in [1.165, 1.54) is 0 Å². The fourth-order valence-electron chi connectivity index (χ4n) is 3.31. The van der Waals surface area contributed by atoms with Gasteiger partial charge in [-0.1, -0.05) is 49.4 Å². The van der Waals surface area contributed by atoms with Crippen LogP contribution in [0.25, 0.3) is 0 Å². The van der Waals surface area contributed by atoms with Gasteiger partial charge in [-0.3, -0.25) is 15.0 Å². The highest BCUT2D eigenvalue weighted by Gasteiger charge is 2.52. The molecule has 1 aromatic carbocycles. The molecule has 3 rings (SSSR count). The zero-order valence-corrected chi connectivity index (χ0v) is 13.6. The lowest BCUT2D eigenvalue weighted by atomic mass is 9.87. The Morgan fingerprint density at radius 2 is 2.08 bits per heavy atom. The smallest absolute Gasteiger partial charge is 0.318 e. The number of amides is 4. The summed E-state index contributed by atoms with van der Waals surface area (Å²) in [4.78, 5) is 37.3. The molecule has 1 aliphatic heterocycles. The monoisotopic (exact) mass is 327 g/mol. The second-order valence-electron chi connectivity index (χ2n) is 6.20. The maximum Gasteiger partial charge on any atom is 0.344 e. The number of carbonyl (C=O) groups excluding carboxylic acids is 3. The molecule has 6 heteroatoms. The molecular weight excluding hydrogens is 306 g/mol. The van der Waals surface area contributed by atoms with Crippen molar-refractivity contribution in [3.8, 4) is 0 Å². The number of rotatable bonds is 5. The van der Waals surface area contributed by atoms with Gasteiger partial charge in [0.15, 0.2) is 0 Å². The molecule has 1 saturated heterocycles. The van der Waals surface area contributed by atoms with Crippen molar-refractivity contribution in [3.05, 3.63) is 48.0 Å². The van der Waals surface area contributed by atoms with Gasteiger partial charge in [0.25, 0.3) is 5.91 Å². The SMILES string of the molecule is CC[C@]1(c2ccccc2)NC(=O)N(NC(=O)C[C@@H]2C=CCC2)C1=O. The molecule has 4 amide bonds. The van der Waals surface area contributed by atoms with E-state index < -0.39 is 17.5 Å². The number of benzene rings is 1. The van der Waals surface area contributed by atoms with E-state index in [1.807, 2.05) is 37.3 Å². The summed E-state index contributed by atoms with van der Waals surface area (Å²) in [6.45, 7) is 1.83. The van der Waals surface area contributed by atoms with E-state index >= 15 is 0 Å². The minimum Gasteiger partial charge on any atom is -0.318 e. The maximum atomic E-state index is 12.9. The third kappa shape index (κ3) is 2.79. The van der Waals surface area contributed by atoms with Crippen LogP contribution in [-0.4, -0.2) is 22.9 Å². The van der Waals surface area contributed by atoms with Gasteiger partial charge in [0.1, 0.15) is 5.54 Å². The van der Waals surface area contributed by atoms with Gasteiger partial charge in [0.2, 0.25) is 5.91 Å². The molecular formula is C18H21N3O3. The van der Waals surface area contributed by atoms with Crippen molar-refractivity contribution in [3.63, 3.8) is 0 Å². The topological polar surface area (TPSA) is 78.5 Å². The van der Waals surface area contributed by atoms with Gasteiger partial charge in [-0.15, -0.1) is 0 Å². The first-order chi connectivity index (χ1) is 11.6. The van der Waals surface area contributed by atoms with Crippen molar-refractivity contribution in [2.45, 2.75) is 38.1 Å². The van der Waals surface area contributed by atoms with Gasteiger partial charge in [-0.2, -0.15) is 5.01 Å². The van der Waals surface area contributed by atoms with E-state index in [2.05, 4.69) is 10.7 Å². The number of urea groups is 1. The second-order valence-corrected chi connectivity index (χ2v) is 6.20. The summed E-state index contributed by atoms with van der Waals surface area (Å²) >= 11 is 0. The molecule has 0 spiro atoms. The largest absolute Gasteiger partial charge is 0.344 e. The molecule has 2 aliphatic rings. The van der Waals surface area contributed by atoms with Crippen molar-refractivity contribution in [2.75, 3.05) is 0 Å². The third-order valence-corrected chi connectivity index (χ3v) is 4.68. The highest BCUT2D eigenvalue weighted by molar-refractivity contribution is 6.08. The van der Waals surface area contributed by atoms with Gasteiger partial charge in [0, 0.05) is 6.42 Å². The van der Waals surface area contributed by atoms with Gasteiger partial charge in [-0.05, 0) is 30.7 Å². The Balaban J connectivity index is 1.75. The Labute approximate surface area is 140 Å². The zero-order chi connectivity index (χ0) is 17.2. The molecule has 0 bridgehead atoms. The molecule has 1 heterocycles. The molecule has 6 nitrogen and oxygen atoms in total. The number of hydrogen-bond donors (Lipinski definition) is 2. The lowest BCUT2D eigenvalue weighted by molar-refractivity contribution is -0.139. The maximum absolute atomic E-state index is 12.9. The first kappa shape index (κ1) is 16.2. The highest BCUT2D eigenvalue weighted by atomic mass is 16.2. The van der Waals surface area contributed by atoms with Gasteiger partial charge in [0.05, 0.1) is 0 Å². The Hall–Kier alpha value is -2.63. The molecule has 0 saturated carbocycles. The minimum atomic E-state index is -1.13. The second kappa shape index (κ2) is 6.47. The summed E-state index contributed by atoms with van der Waals surface area (Å²) in [7, 11) is 0. The summed E-state index contributed by atoms with van der Waals surface area (Å²) in [6.07, 6.45) is 6.62. The highest BCUT2D eigenvalue weighted by Crippen LogP contribution is 2.31. The summed E-state index contributed by atoms with van der Waals surface area (Å²) in [5.74, 6) is -0.595. The molecule has 2 N–H and O–H groups in total. The molecule has 2 atom stereocenters.